The first kappa shape index (κ1) is 12.1. The van der Waals surface area contributed by atoms with Gasteiger partial charge in [0.2, 0.25) is 0 Å². The summed E-state index contributed by atoms with van der Waals surface area (Å²) in [7, 11) is 1.22. The molecule has 0 spiro atoms. The first-order valence-electron chi connectivity index (χ1n) is 5.07. The van der Waals surface area contributed by atoms with Crippen molar-refractivity contribution in [3.63, 3.8) is 0 Å². The number of carbonyl (C=O) groups is 1. The Kier molecular flexibility index (Phi) is 3.26. The minimum absolute atomic E-state index is 0.113. The highest BCUT2D eigenvalue weighted by molar-refractivity contribution is 7.71. The van der Waals surface area contributed by atoms with Gasteiger partial charge in [0.25, 0.3) is 0 Å². The normalized spacial score (nSPS) is 11.2. The van der Waals surface area contributed by atoms with E-state index >= 15 is 0 Å². The minimum Gasteiger partial charge on any atom is -0.465 e. The van der Waals surface area contributed by atoms with E-state index in [9.17, 15) is 4.79 Å². The maximum absolute atomic E-state index is 11.3. The van der Waals surface area contributed by atoms with E-state index in [1.807, 2.05) is 24.3 Å². The lowest BCUT2D eigenvalue weighted by Gasteiger charge is -1.99. The predicted molar refractivity (Wildman–Crippen MR) is 69.0 cm³/mol. The Morgan fingerprint density at radius 2 is 2.28 bits per heavy atom. The molecule has 0 radical (unpaired) electrons. The lowest BCUT2D eigenvalue weighted by Crippen LogP contribution is -2.04. The molecule has 2 aromatic rings. The van der Waals surface area contributed by atoms with E-state index in [1.54, 1.807) is 10.6 Å². The van der Waals surface area contributed by atoms with E-state index in [-0.39, 0.29) is 5.57 Å². The first-order valence-corrected chi connectivity index (χ1v) is 5.47. The monoisotopic (exact) mass is 259 g/mol. The van der Waals surface area contributed by atoms with Crippen LogP contribution >= 0.6 is 12.2 Å². The predicted octanol–water partition coefficient (Wildman–Crippen LogP) is 2.24. The summed E-state index contributed by atoms with van der Waals surface area (Å²) in [5.74, 6) is -0.690. The van der Waals surface area contributed by atoms with Gasteiger partial charge in [-0.3, -0.25) is 4.57 Å². The first-order chi connectivity index (χ1) is 8.67. The Labute approximate surface area is 108 Å². The molecule has 6 heteroatoms. The van der Waals surface area contributed by atoms with Crippen molar-refractivity contribution < 1.29 is 9.53 Å². The van der Waals surface area contributed by atoms with Crippen LogP contribution in [0, 0.1) is 16.1 Å². The van der Waals surface area contributed by atoms with Crippen LogP contribution in [0.1, 0.15) is 0 Å². The maximum atomic E-state index is 11.3. The molecule has 1 aromatic carbocycles. The standard InChI is InChI=1S/C12H9N3O2S/c1-17-11(16)8(6-13)7-15-10-5-3-2-4-9(10)14-12(15)18/h2-5,7H,1H3,(H,14,18). The Balaban J connectivity index is 2.65. The van der Waals surface area contributed by atoms with Crippen LogP contribution in [0.4, 0.5) is 0 Å². The van der Waals surface area contributed by atoms with Crippen LogP contribution in [0.25, 0.3) is 17.2 Å². The van der Waals surface area contributed by atoms with Crippen LogP contribution in [0.15, 0.2) is 29.8 Å². The zero-order valence-electron chi connectivity index (χ0n) is 9.51. The van der Waals surface area contributed by atoms with Gasteiger partial charge in [0.1, 0.15) is 6.07 Å². The van der Waals surface area contributed by atoms with E-state index in [2.05, 4.69) is 9.72 Å². The zero-order valence-corrected chi connectivity index (χ0v) is 10.3. The molecule has 0 aliphatic rings. The number of aromatic amines is 1. The van der Waals surface area contributed by atoms with Crippen LogP contribution in [0.3, 0.4) is 0 Å². The van der Waals surface area contributed by atoms with Crippen molar-refractivity contribution >= 4 is 35.4 Å². The van der Waals surface area contributed by atoms with Crippen molar-refractivity contribution in [1.82, 2.24) is 9.55 Å². The number of nitrogens with one attached hydrogen (secondary N) is 1. The number of nitrogens with zero attached hydrogens (tertiary/aromatic N) is 2. The molecule has 90 valence electrons. The van der Waals surface area contributed by atoms with Gasteiger partial charge in [-0.1, -0.05) is 12.1 Å². The number of ether oxygens (including phenoxy) is 1. The number of benzene rings is 1. The summed E-state index contributed by atoms with van der Waals surface area (Å²) in [5, 5.41) is 8.91. The van der Waals surface area contributed by atoms with Crippen molar-refractivity contribution in [2.75, 3.05) is 7.11 Å². The fraction of sp³-hybridized carbons (Fsp3) is 0.0833. The molecular formula is C12H9N3O2S. The number of imidazole rings is 1. The highest BCUT2D eigenvalue weighted by atomic mass is 32.1. The number of methoxy groups -OCH3 is 1. The summed E-state index contributed by atoms with van der Waals surface area (Å²) in [4.78, 5) is 14.3. The summed E-state index contributed by atoms with van der Waals surface area (Å²) >= 11 is 5.14. The van der Waals surface area contributed by atoms with Crippen molar-refractivity contribution in [2.24, 2.45) is 0 Å². The molecule has 0 bridgehead atoms. The second-order valence-corrected chi connectivity index (χ2v) is 3.85. The van der Waals surface area contributed by atoms with Gasteiger partial charge in [0, 0.05) is 6.20 Å². The van der Waals surface area contributed by atoms with Gasteiger partial charge in [-0.05, 0) is 24.4 Å². The van der Waals surface area contributed by atoms with E-state index in [0.29, 0.717) is 4.77 Å². The number of carbonyl (C=O) groups excluding carboxylic acids is 1. The number of fused-ring (bicyclic) bond motifs is 1. The smallest absolute Gasteiger partial charge is 0.350 e. The molecule has 1 heterocycles. The molecule has 0 atom stereocenters. The number of para-hydroxylation sites is 2. The Morgan fingerprint density at radius 1 is 1.56 bits per heavy atom. The molecule has 0 amide bonds. The third-order valence-electron chi connectivity index (χ3n) is 2.41. The SMILES string of the molecule is COC(=O)C(C#N)=Cn1c(=S)[nH]c2ccccc21. The third-order valence-corrected chi connectivity index (χ3v) is 2.71. The molecule has 0 saturated carbocycles. The highest BCUT2D eigenvalue weighted by Gasteiger charge is 2.10. The summed E-state index contributed by atoms with van der Waals surface area (Å²) in [6, 6.07) is 9.20. The molecule has 5 nitrogen and oxygen atoms in total. The highest BCUT2D eigenvalue weighted by Crippen LogP contribution is 2.15. The number of esters is 1. The van der Waals surface area contributed by atoms with Gasteiger partial charge in [-0.25, -0.2) is 4.79 Å². The lowest BCUT2D eigenvalue weighted by atomic mass is 10.3. The zero-order chi connectivity index (χ0) is 13.1. The van der Waals surface area contributed by atoms with Gasteiger partial charge < -0.3 is 9.72 Å². The summed E-state index contributed by atoms with van der Waals surface area (Å²) in [6.07, 6.45) is 1.37. The van der Waals surface area contributed by atoms with Gasteiger partial charge in [-0.2, -0.15) is 5.26 Å². The number of nitriles is 1. The molecule has 0 fully saturated rings. The van der Waals surface area contributed by atoms with E-state index in [1.165, 1.54) is 13.3 Å². The molecule has 2 rings (SSSR count). The topological polar surface area (TPSA) is 70.8 Å². The largest absolute Gasteiger partial charge is 0.465 e. The fourth-order valence-corrected chi connectivity index (χ4v) is 1.83. The van der Waals surface area contributed by atoms with Gasteiger partial charge in [0.15, 0.2) is 10.3 Å². The molecule has 0 aliphatic heterocycles. The number of rotatable bonds is 2. The van der Waals surface area contributed by atoms with Gasteiger partial charge in [0.05, 0.1) is 18.1 Å². The minimum atomic E-state index is -0.690. The van der Waals surface area contributed by atoms with Crippen molar-refractivity contribution in [1.29, 1.82) is 5.26 Å². The number of hydrogen-bond acceptors (Lipinski definition) is 4. The van der Waals surface area contributed by atoms with Crippen LogP contribution in [0.2, 0.25) is 0 Å². The Hall–Kier alpha value is -2.39. The molecule has 0 saturated heterocycles. The summed E-state index contributed by atoms with van der Waals surface area (Å²) in [5.41, 5.74) is 1.51. The maximum Gasteiger partial charge on any atom is 0.350 e. The van der Waals surface area contributed by atoms with E-state index in [0.717, 1.165) is 11.0 Å². The summed E-state index contributed by atoms with van der Waals surface area (Å²) < 4.78 is 6.50. The molecule has 18 heavy (non-hydrogen) atoms. The van der Waals surface area contributed by atoms with Crippen LogP contribution < -0.4 is 0 Å². The summed E-state index contributed by atoms with van der Waals surface area (Å²) in [6.45, 7) is 0. The second kappa shape index (κ2) is 4.85. The van der Waals surface area contributed by atoms with Crippen molar-refractivity contribution in [3.05, 3.63) is 34.6 Å². The second-order valence-electron chi connectivity index (χ2n) is 3.46. The quantitative estimate of drug-likeness (QED) is 0.388. The van der Waals surface area contributed by atoms with E-state index in [4.69, 9.17) is 17.5 Å². The fourth-order valence-electron chi connectivity index (χ4n) is 1.57. The molecule has 0 unspecified atom stereocenters. The van der Waals surface area contributed by atoms with Crippen LogP contribution in [-0.2, 0) is 9.53 Å². The lowest BCUT2D eigenvalue weighted by molar-refractivity contribution is -0.135. The molecule has 1 N–H and O–H groups in total. The number of H-pyrrole nitrogens is 1. The van der Waals surface area contributed by atoms with Crippen molar-refractivity contribution in [3.8, 4) is 6.07 Å². The van der Waals surface area contributed by atoms with Gasteiger partial charge in [-0.15, -0.1) is 0 Å². The average Bonchev–Trinajstić information content (AvgIpc) is 2.71. The molecular weight excluding hydrogens is 250 g/mol. The molecule has 0 aliphatic carbocycles. The number of hydrogen-bond donors (Lipinski definition) is 1. The number of aromatic nitrogens is 2. The Morgan fingerprint density at radius 3 is 2.94 bits per heavy atom. The average molecular weight is 259 g/mol. The molecule has 1 aromatic heterocycles. The van der Waals surface area contributed by atoms with Crippen LogP contribution in [0.5, 0.6) is 0 Å². The Bertz CT molecular complexity index is 734. The van der Waals surface area contributed by atoms with Crippen molar-refractivity contribution in [2.45, 2.75) is 0 Å². The van der Waals surface area contributed by atoms with Crippen LogP contribution in [-0.4, -0.2) is 22.6 Å². The van der Waals surface area contributed by atoms with E-state index < -0.39 is 5.97 Å². The third kappa shape index (κ3) is 2.04. The van der Waals surface area contributed by atoms with Gasteiger partial charge >= 0.3 is 5.97 Å².